The van der Waals surface area contributed by atoms with Gasteiger partial charge in [-0.25, -0.2) is 8.78 Å². The Morgan fingerprint density at radius 3 is 2.63 bits per heavy atom. The zero-order valence-corrected chi connectivity index (χ0v) is 10.5. The second-order valence-corrected chi connectivity index (χ2v) is 4.68. The van der Waals surface area contributed by atoms with Crippen LogP contribution >= 0.6 is 11.6 Å². The van der Waals surface area contributed by atoms with Crippen molar-refractivity contribution in [2.24, 2.45) is 5.92 Å². The fraction of sp³-hybridized carbons (Fsp3) is 0.333. The summed E-state index contributed by atoms with van der Waals surface area (Å²) in [5.74, 6) is -4.38. The Hall–Kier alpha value is -1.69. The summed E-state index contributed by atoms with van der Waals surface area (Å²) < 4.78 is 26.7. The zero-order chi connectivity index (χ0) is 14.2. The molecule has 1 aromatic carbocycles. The van der Waals surface area contributed by atoms with Crippen LogP contribution in [-0.4, -0.2) is 35.0 Å². The summed E-state index contributed by atoms with van der Waals surface area (Å²) in [4.78, 5) is 24.0. The molecule has 4 nitrogen and oxygen atoms in total. The third-order valence-electron chi connectivity index (χ3n) is 3.09. The maximum atomic E-state index is 13.7. The topological polar surface area (TPSA) is 57.6 Å². The Labute approximate surface area is 112 Å². The summed E-state index contributed by atoms with van der Waals surface area (Å²) in [6, 6.07) is 1.91. The number of hydrogen-bond donors (Lipinski definition) is 1. The summed E-state index contributed by atoms with van der Waals surface area (Å²) in [6.45, 7) is 0.243. The summed E-state index contributed by atoms with van der Waals surface area (Å²) in [7, 11) is 0. The largest absolute Gasteiger partial charge is 0.481 e. The number of hydrogen-bond acceptors (Lipinski definition) is 2. The van der Waals surface area contributed by atoms with Crippen LogP contribution in [0.2, 0.25) is 5.02 Å². The second kappa shape index (κ2) is 5.13. The first-order valence-corrected chi connectivity index (χ1v) is 5.95. The number of nitrogens with zero attached hydrogens (tertiary/aromatic N) is 1. The number of rotatable bonds is 2. The van der Waals surface area contributed by atoms with Crippen LogP contribution in [0, 0.1) is 17.6 Å². The Morgan fingerprint density at radius 1 is 1.37 bits per heavy atom. The van der Waals surface area contributed by atoms with Crippen molar-refractivity contribution in [3.8, 4) is 0 Å². The highest BCUT2D eigenvalue weighted by molar-refractivity contribution is 6.31. The van der Waals surface area contributed by atoms with Crippen LogP contribution in [0.1, 0.15) is 16.8 Å². The molecular weight excluding hydrogens is 280 g/mol. The molecule has 102 valence electrons. The first kappa shape index (κ1) is 13.7. The molecule has 0 spiro atoms. The van der Waals surface area contributed by atoms with Gasteiger partial charge in [0.15, 0.2) is 5.82 Å². The van der Waals surface area contributed by atoms with Gasteiger partial charge in [0.1, 0.15) is 10.8 Å². The van der Waals surface area contributed by atoms with Crippen molar-refractivity contribution in [2.45, 2.75) is 6.42 Å². The van der Waals surface area contributed by atoms with Gasteiger partial charge in [-0.3, -0.25) is 9.59 Å². The summed E-state index contributed by atoms with van der Waals surface area (Å²) >= 11 is 5.40. The third kappa shape index (κ3) is 2.53. The Morgan fingerprint density at radius 2 is 2.05 bits per heavy atom. The predicted octanol–water partition coefficient (Wildman–Crippen LogP) is 2.16. The van der Waals surface area contributed by atoms with Crippen molar-refractivity contribution in [1.29, 1.82) is 0 Å². The molecule has 0 saturated carbocycles. The highest BCUT2D eigenvalue weighted by Crippen LogP contribution is 2.25. The van der Waals surface area contributed by atoms with E-state index in [9.17, 15) is 18.4 Å². The maximum absolute atomic E-state index is 13.7. The number of carbonyl (C=O) groups excluding carboxylic acids is 1. The Bertz CT molecular complexity index is 550. The molecule has 1 atom stereocenters. The van der Waals surface area contributed by atoms with E-state index >= 15 is 0 Å². The highest BCUT2D eigenvalue weighted by atomic mass is 35.5. The van der Waals surface area contributed by atoms with E-state index in [1.807, 2.05) is 0 Å². The second-order valence-electron chi connectivity index (χ2n) is 4.30. The van der Waals surface area contributed by atoms with E-state index in [2.05, 4.69) is 0 Å². The van der Waals surface area contributed by atoms with Crippen LogP contribution in [-0.2, 0) is 4.79 Å². The van der Waals surface area contributed by atoms with Crippen LogP contribution in [0.5, 0.6) is 0 Å². The number of benzene rings is 1. The average molecular weight is 290 g/mol. The van der Waals surface area contributed by atoms with Gasteiger partial charge in [0.2, 0.25) is 0 Å². The standard InChI is InChI=1S/C12H10ClF2NO3/c13-9-8(14)2-1-7(10(9)15)11(17)16-4-3-6(5-16)12(18)19/h1-2,6H,3-5H2,(H,18,19). The number of carboxylic acids is 1. The first-order valence-electron chi connectivity index (χ1n) is 5.57. The number of halogens is 3. The van der Waals surface area contributed by atoms with Gasteiger partial charge in [0.05, 0.1) is 11.5 Å². The van der Waals surface area contributed by atoms with Crippen LogP contribution in [0.4, 0.5) is 8.78 Å². The lowest BCUT2D eigenvalue weighted by Gasteiger charge is -2.16. The Balaban J connectivity index is 2.22. The number of carbonyl (C=O) groups is 2. The van der Waals surface area contributed by atoms with E-state index in [-0.39, 0.29) is 18.7 Å². The zero-order valence-electron chi connectivity index (χ0n) is 9.70. The molecule has 0 aliphatic carbocycles. The summed E-state index contributed by atoms with van der Waals surface area (Å²) in [6.07, 6.45) is 0.317. The van der Waals surface area contributed by atoms with Gasteiger partial charge in [0.25, 0.3) is 5.91 Å². The van der Waals surface area contributed by atoms with Gasteiger partial charge < -0.3 is 10.0 Å². The first-order chi connectivity index (χ1) is 8.91. The molecule has 7 heteroatoms. The molecule has 0 bridgehead atoms. The van der Waals surface area contributed by atoms with E-state index < -0.39 is 34.5 Å². The molecule has 1 heterocycles. The lowest BCUT2D eigenvalue weighted by molar-refractivity contribution is -0.141. The summed E-state index contributed by atoms with van der Waals surface area (Å²) in [5.41, 5.74) is -0.350. The minimum Gasteiger partial charge on any atom is -0.481 e. The van der Waals surface area contributed by atoms with E-state index in [1.54, 1.807) is 0 Å². The van der Waals surface area contributed by atoms with Gasteiger partial charge in [-0.2, -0.15) is 0 Å². The fourth-order valence-electron chi connectivity index (χ4n) is 2.01. The molecule has 19 heavy (non-hydrogen) atoms. The van der Waals surface area contributed by atoms with Crippen LogP contribution < -0.4 is 0 Å². The molecule has 0 radical (unpaired) electrons. The lowest BCUT2D eigenvalue weighted by atomic mass is 10.1. The quantitative estimate of drug-likeness (QED) is 0.849. The third-order valence-corrected chi connectivity index (χ3v) is 3.44. The normalized spacial score (nSPS) is 18.7. The minimum absolute atomic E-state index is 0.0165. The lowest BCUT2D eigenvalue weighted by Crippen LogP contribution is -2.30. The van der Waals surface area contributed by atoms with E-state index in [0.717, 1.165) is 12.1 Å². The van der Waals surface area contributed by atoms with Gasteiger partial charge in [-0.1, -0.05) is 11.6 Å². The number of amides is 1. The molecule has 1 amide bonds. The number of likely N-dealkylation sites (tertiary alicyclic amines) is 1. The molecule has 2 rings (SSSR count). The van der Waals surface area contributed by atoms with Crippen LogP contribution in [0.3, 0.4) is 0 Å². The van der Waals surface area contributed by atoms with Crippen molar-refractivity contribution in [1.82, 2.24) is 4.90 Å². The molecular formula is C12H10ClF2NO3. The van der Waals surface area contributed by atoms with Gasteiger partial charge in [-0.15, -0.1) is 0 Å². The molecule has 1 aliphatic heterocycles. The molecule has 1 aliphatic rings. The molecule has 1 N–H and O–H groups in total. The van der Waals surface area contributed by atoms with E-state index in [0.29, 0.717) is 6.42 Å². The predicted molar refractivity (Wildman–Crippen MR) is 63.0 cm³/mol. The number of carboxylic acid groups (broad SMARTS) is 1. The smallest absolute Gasteiger partial charge is 0.308 e. The number of aliphatic carboxylic acids is 1. The molecule has 0 aromatic heterocycles. The molecule has 1 aromatic rings. The molecule has 1 unspecified atom stereocenters. The van der Waals surface area contributed by atoms with Crippen molar-refractivity contribution >= 4 is 23.5 Å². The monoisotopic (exact) mass is 289 g/mol. The average Bonchev–Trinajstić information content (AvgIpc) is 2.85. The van der Waals surface area contributed by atoms with Gasteiger partial charge in [0, 0.05) is 13.1 Å². The van der Waals surface area contributed by atoms with Crippen molar-refractivity contribution in [3.63, 3.8) is 0 Å². The Kier molecular flexibility index (Phi) is 3.71. The van der Waals surface area contributed by atoms with Crippen molar-refractivity contribution < 1.29 is 23.5 Å². The maximum Gasteiger partial charge on any atom is 0.308 e. The van der Waals surface area contributed by atoms with E-state index in [1.165, 1.54) is 4.90 Å². The van der Waals surface area contributed by atoms with Crippen molar-refractivity contribution in [2.75, 3.05) is 13.1 Å². The van der Waals surface area contributed by atoms with Crippen LogP contribution in [0.25, 0.3) is 0 Å². The van der Waals surface area contributed by atoms with Gasteiger partial charge >= 0.3 is 5.97 Å². The SMILES string of the molecule is O=C(O)C1CCN(C(=O)c2ccc(F)c(Cl)c2F)C1. The highest BCUT2D eigenvalue weighted by Gasteiger charge is 2.32. The van der Waals surface area contributed by atoms with Gasteiger partial charge in [-0.05, 0) is 18.6 Å². The van der Waals surface area contributed by atoms with E-state index in [4.69, 9.17) is 16.7 Å². The van der Waals surface area contributed by atoms with Crippen molar-refractivity contribution in [3.05, 3.63) is 34.4 Å². The summed E-state index contributed by atoms with van der Waals surface area (Å²) in [5, 5.41) is 8.10. The molecule has 1 fully saturated rings. The van der Waals surface area contributed by atoms with Crippen LogP contribution in [0.15, 0.2) is 12.1 Å². The fourth-order valence-corrected chi connectivity index (χ4v) is 2.17. The molecule has 1 saturated heterocycles. The minimum atomic E-state index is -1.12.